The number of ether oxygens (including phenoxy) is 4. The van der Waals surface area contributed by atoms with E-state index in [9.17, 15) is 24.3 Å². The van der Waals surface area contributed by atoms with Gasteiger partial charge in [-0.25, -0.2) is 0 Å². The molecule has 0 aromatic heterocycles. The first-order valence-electron chi connectivity index (χ1n) is 46.4. The second kappa shape index (κ2) is 65.2. The predicted molar refractivity (Wildman–Crippen MR) is 460 cm³/mol. The number of hydrogen-bond acceptors (Lipinski definition) is 9. The molecule has 0 spiro atoms. The van der Waals surface area contributed by atoms with Crippen molar-refractivity contribution >= 4 is 23.9 Å². The van der Waals surface area contributed by atoms with Gasteiger partial charge in [0.2, 0.25) is 0 Å². The highest BCUT2D eigenvalue weighted by Gasteiger charge is 2.50. The largest absolute Gasteiger partial charge is 0.462 e. The third kappa shape index (κ3) is 50.0. The number of carbonyl (C=O) groups is 4. The molecule has 3 aliphatic rings. The second-order valence-corrected chi connectivity index (χ2v) is 34.5. The average molecular weight is 1500 g/mol. The van der Waals surface area contributed by atoms with Gasteiger partial charge in [-0.3, -0.25) is 19.2 Å². The van der Waals surface area contributed by atoms with Crippen LogP contribution >= 0.6 is 0 Å². The summed E-state index contributed by atoms with van der Waals surface area (Å²) in [5.41, 5.74) is 3.02. The first kappa shape index (κ1) is 98.0. The molecule has 0 aromatic carbocycles. The van der Waals surface area contributed by atoms with Gasteiger partial charge in [-0.05, 0) is 228 Å². The van der Waals surface area contributed by atoms with Gasteiger partial charge >= 0.3 is 23.9 Å². The highest BCUT2D eigenvalue weighted by molar-refractivity contribution is 5.71. The van der Waals surface area contributed by atoms with Crippen LogP contribution in [0.1, 0.15) is 453 Å². The van der Waals surface area contributed by atoms with E-state index >= 15 is 0 Å². The summed E-state index contributed by atoms with van der Waals surface area (Å²) < 4.78 is 24.8. The molecular formula is C99H170O9. The maximum Gasteiger partial charge on any atom is 0.306 e. The highest BCUT2D eigenvalue weighted by atomic mass is 16.6. The summed E-state index contributed by atoms with van der Waals surface area (Å²) in [6, 6.07) is 0. The fourth-order valence-corrected chi connectivity index (χ4v) is 17.2. The SMILES string of the molecule is C=C1/C(=C\C=C2/CCC[C@]3(C)[C@@H]([C@H](C)CCCC(C)(C)O)CC[C@@H]23)C[C@@H](OC(=O)CCCCCCCCCC[C@@H](CCCCCC)OC(=O)CCCCCCC/C=C\C/C=C\CCCCC)C[C@@H]1OC(=O)CCCCCCC/C=C\C[C@@H](CCCCCC)OC(=O)CCCCCCC/C=C\C/C=C\CCCCC. The number of rotatable bonds is 69. The third-order valence-electron chi connectivity index (χ3n) is 24.0. The van der Waals surface area contributed by atoms with Gasteiger partial charge in [-0.1, -0.05) is 300 Å². The number of esters is 4. The molecular weight excluding hydrogens is 1330 g/mol. The van der Waals surface area contributed by atoms with E-state index in [-0.39, 0.29) is 47.6 Å². The van der Waals surface area contributed by atoms with Crippen molar-refractivity contribution in [2.45, 2.75) is 483 Å². The lowest BCUT2D eigenvalue weighted by atomic mass is 9.60. The molecule has 9 nitrogen and oxygen atoms in total. The maximum absolute atomic E-state index is 13.7. The van der Waals surface area contributed by atoms with Crippen LogP contribution in [0.3, 0.4) is 0 Å². The molecule has 0 bridgehead atoms. The molecule has 3 saturated carbocycles. The number of aliphatic hydroxyl groups is 1. The van der Waals surface area contributed by atoms with Crippen LogP contribution in [0.25, 0.3) is 0 Å². The van der Waals surface area contributed by atoms with Crippen LogP contribution in [0.15, 0.2) is 96.2 Å². The van der Waals surface area contributed by atoms with E-state index in [1.807, 2.05) is 13.8 Å². The summed E-state index contributed by atoms with van der Waals surface area (Å²) in [7, 11) is 0. The second-order valence-electron chi connectivity index (χ2n) is 34.5. The normalized spacial score (nSPS) is 20.1. The summed E-state index contributed by atoms with van der Waals surface area (Å²) in [6.07, 6.45) is 92.1. The fourth-order valence-electron chi connectivity index (χ4n) is 17.2. The zero-order chi connectivity index (χ0) is 78.2. The molecule has 0 radical (unpaired) electrons. The molecule has 3 aliphatic carbocycles. The van der Waals surface area contributed by atoms with Gasteiger partial charge in [0.25, 0.3) is 0 Å². The van der Waals surface area contributed by atoms with Gasteiger partial charge in [-0.2, -0.15) is 0 Å². The Morgan fingerprint density at radius 3 is 1.35 bits per heavy atom. The van der Waals surface area contributed by atoms with Gasteiger partial charge in [0.05, 0.1) is 5.60 Å². The summed E-state index contributed by atoms with van der Waals surface area (Å²) >= 11 is 0. The van der Waals surface area contributed by atoms with Gasteiger partial charge in [0.1, 0.15) is 24.4 Å². The fraction of sp³-hybridized carbons (Fsp3) is 0.798. The van der Waals surface area contributed by atoms with Crippen molar-refractivity contribution in [2.75, 3.05) is 0 Å². The average Bonchev–Trinajstić information content (AvgIpc) is 1.59. The number of carbonyl (C=O) groups excluding carboxylic acids is 4. The Bertz CT molecular complexity index is 2500. The van der Waals surface area contributed by atoms with Crippen LogP contribution in [-0.4, -0.2) is 59.0 Å². The molecule has 0 unspecified atom stereocenters. The van der Waals surface area contributed by atoms with Crippen LogP contribution in [0, 0.1) is 23.2 Å². The van der Waals surface area contributed by atoms with Gasteiger partial charge in [0.15, 0.2) is 0 Å². The summed E-state index contributed by atoms with van der Waals surface area (Å²) in [5, 5.41) is 10.4. The van der Waals surface area contributed by atoms with Crippen molar-refractivity contribution in [1.82, 2.24) is 0 Å². The molecule has 8 atom stereocenters. The minimum absolute atomic E-state index is 0.00575. The smallest absolute Gasteiger partial charge is 0.306 e. The maximum atomic E-state index is 13.7. The van der Waals surface area contributed by atoms with E-state index in [1.165, 1.54) is 173 Å². The Balaban J connectivity index is 1.45. The van der Waals surface area contributed by atoms with E-state index in [4.69, 9.17) is 18.9 Å². The monoisotopic (exact) mass is 1500 g/mol. The standard InChI is InChI=1S/C99H170O9/c1-10-14-18-22-24-26-28-30-32-34-36-38-46-52-60-72-94(100)105-88(68-56-20-16-12-3)70-58-50-44-40-42-48-54-62-74-96(102)107-90-82-87(77-76-86-67-65-81-99(9)91(78-79-92(86)99)84(5)66-64-80-98(7,8)104)85(6)93(83-90)108-97(103)75-63-55-49-43-41-45-51-59-71-89(69-57-21-17-13-4)106-95(101)73-61-53-47-39-37-35-33-31-29-27-25-23-19-15-11-2/h24-27,30-33,51,59,76-77,84,88-93,104H,6,10-23,28-29,34-50,52-58,60-75,78-83H2,1-5,7-9H3/b26-24-,27-25-,32-30-,33-31-,59-51-,86-76+,87-77-/t84-,88-,89-,90-,91-,92+,93+,99-/m1/s1. The highest BCUT2D eigenvalue weighted by Crippen LogP contribution is 2.60. The van der Waals surface area contributed by atoms with Crippen molar-refractivity contribution in [1.29, 1.82) is 0 Å². The Hall–Kier alpha value is -4.24. The summed E-state index contributed by atoms with van der Waals surface area (Å²) in [4.78, 5) is 53.3. The molecule has 3 fully saturated rings. The predicted octanol–water partition coefficient (Wildman–Crippen LogP) is 29.8. The summed E-state index contributed by atoms with van der Waals surface area (Å²) in [5.74, 6) is 1.40. The molecule has 3 rings (SSSR count). The first-order valence-corrected chi connectivity index (χ1v) is 46.4. The Morgan fingerprint density at radius 2 is 0.870 bits per heavy atom. The number of hydrogen-bond donors (Lipinski definition) is 1. The Labute approximate surface area is 666 Å². The molecule has 620 valence electrons. The summed E-state index contributed by atoms with van der Waals surface area (Å²) in [6.45, 7) is 22.4. The minimum Gasteiger partial charge on any atom is -0.462 e. The molecule has 0 saturated heterocycles. The topological polar surface area (TPSA) is 125 Å². The van der Waals surface area contributed by atoms with Gasteiger partial charge < -0.3 is 24.1 Å². The van der Waals surface area contributed by atoms with Crippen molar-refractivity contribution in [2.24, 2.45) is 23.2 Å². The van der Waals surface area contributed by atoms with E-state index in [2.05, 4.69) is 121 Å². The molecule has 1 N–H and O–H groups in total. The van der Waals surface area contributed by atoms with Crippen molar-refractivity contribution < 1.29 is 43.2 Å². The van der Waals surface area contributed by atoms with Crippen molar-refractivity contribution in [3.63, 3.8) is 0 Å². The van der Waals surface area contributed by atoms with Gasteiger partial charge in [0, 0.05) is 44.9 Å². The number of unbranched alkanes of at least 4 members (excludes halogenated alkanes) is 34. The van der Waals surface area contributed by atoms with E-state index in [0.717, 1.165) is 204 Å². The van der Waals surface area contributed by atoms with E-state index in [0.29, 0.717) is 56.3 Å². The lowest BCUT2D eigenvalue weighted by Crippen LogP contribution is -2.36. The van der Waals surface area contributed by atoms with Crippen LogP contribution < -0.4 is 0 Å². The van der Waals surface area contributed by atoms with Crippen LogP contribution in [0.4, 0.5) is 0 Å². The lowest BCUT2D eigenvalue weighted by Gasteiger charge is -2.44. The first-order chi connectivity index (χ1) is 52.5. The third-order valence-corrected chi connectivity index (χ3v) is 24.0. The zero-order valence-electron chi connectivity index (χ0n) is 71.7. The Morgan fingerprint density at radius 1 is 0.472 bits per heavy atom. The molecule has 108 heavy (non-hydrogen) atoms. The zero-order valence-corrected chi connectivity index (χ0v) is 71.7. The van der Waals surface area contributed by atoms with Gasteiger partial charge in [-0.15, -0.1) is 0 Å². The van der Waals surface area contributed by atoms with Crippen LogP contribution in [0.5, 0.6) is 0 Å². The molecule has 9 heteroatoms. The van der Waals surface area contributed by atoms with Crippen LogP contribution in [-0.2, 0) is 38.1 Å². The van der Waals surface area contributed by atoms with Crippen molar-refractivity contribution in [3.05, 3.63) is 96.2 Å². The number of allylic oxidation sites excluding steroid dienone is 12. The van der Waals surface area contributed by atoms with Crippen LogP contribution in [0.2, 0.25) is 0 Å². The number of fused-ring (bicyclic) bond motifs is 1. The molecule has 0 aromatic rings. The molecule has 0 aliphatic heterocycles. The minimum atomic E-state index is -0.622. The van der Waals surface area contributed by atoms with Crippen molar-refractivity contribution in [3.8, 4) is 0 Å². The van der Waals surface area contributed by atoms with E-state index < -0.39 is 11.7 Å². The molecule has 0 amide bonds. The molecule has 0 heterocycles. The quantitative estimate of drug-likeness (QED) is 0.0274. The Kier molecular flexibility index (Phi) is 59.1. The lowest BCUT2D eigenvalue weighted by molar-refractivity contribution is -0.155. The van der Waals surface area contributed by atoms with E-state index in [1.54, 1.807) is 0 Å².